The van der Waals surface area contributed by atoms with Crippen LogP contribution in [0.3, 0.4) is 0 Å². The molecule has 0 saturated heterocycles. The Kier molecular flexibility index (Phi) is 4.52. The molecule has 9 heteroatoms. The standard InChI is InChI=1S/C11H8Cl2FN3O2S/c1-5-15-16-11(20-4-9(18)19)17(5)10-7(12)2-6(14)3-8(10)13/h2-3H,4H2,1H3,(H,18,19). The van der Waals surface area contributed by atoms with Gasteiger partial charge in [-0.2, -0.15) is 0 Å². The van der Waals surface area contributed by atoms with Gasteiger partial charge in [0.05, 0.1) is 21.5 Å². The number of nitrogens with zero attached hydrogens (tertiary/aromatic N) is 3. The van der Waals surface area contributed by atoms with Crippen molar-refractivity contribution in [3.63, 3.8) is 0 Å². The third-order valence-electron chi connectivity index (χ3n) is 2.33. The third-order valence-corrected chi connectivity index (χ3v) is 3.82. The Morgan fingerprint density at radius 3 is 2.55 bits per heavy atom. The number of aromatic nitrogens is 3. The molecule has 0 atom stereocenters. The van der Waals surface area contributed by atoms with Crippen molar-refractivity contribution in [2.24, 2.45) is 0 Å². The molecule has 1 aromatic heterocycles. The molecule has 0 aliphatic heterocycles. The number of aryl methyl sites for hydroxylation is 1. The molecule has 2 aromatic rings. The van der Waals surface area contributed by atoms with Gasteiger partial charge in [-0.1, -0.05) is 35.0 Å². The van der Waals surface area contributed by atoms with Gasteiger partial charge in [-0.05, 0) is 19.1 Å². The molecule has 0 radical (unpaired) electrons. The third kappa shape index (κ3) is 3.05. The predicted molar refractivity (Wildman–Crippen MR) is 74.4 cm³/mol. The van der Waals surface area contributed by atoms with Gasteiger partial charge in [0.15, 0.2) is 5.16 Å². The van der Waals surface area contributed by atoms with Crippen LogP contribution in [-0.4, -0.2) is 31.6 Å². The molecule has 0 bridgehead atoms. The topological polar surface area (TPSA) is 68.0 Å². The number of aliphatic carboxylic acids is 1. The van der Waals surface area contributed by atoms with Crippen molar-refractivity contribution < 1.29 is 14.3 Å². The number of rotatable bonds is 4. The summed E-state index contributed by atoms with van der Waals surface area (Å²) in [6, 6.07) is 2.24. The summed E-state index contributed by atoms with van der Waals surface area (Å²) < 4.78 is 14.7. The van der Waals surface area contributed by atoms with Gasteiger partial charge in [-0.25, -0.2) is 4.39 Å². The molecule has 5 nitrogen and oxygen atoms in total. The highest BCUT2D eigenvalue weighted by Gasteiger charge is 2.18. The first-order chi connectivity index (χ1) is 9.40. The van der Waals surface area contributed by atoms with E-state index in [9.17, 15) is 9.18 Å². The zero-order valence-corrected chi connectivity index (χ0v) is 12.4. The average molecular weight is 336 g/mol. The van der Waals surface area contributed by atoms with Gasteiger partial charge < -0.3 is 5.11 Å². The van der Waals surface area contributed by atoms with E-state index in [4.69, 9.17) is 28.3 Å². The fourth-order valence-corrected chi connectivity index (χ4v) is 2.90. The van der Waals surface area contributed by atoms with Gasteiger partial charge in [0.2, 0.25) is 0 Å². The van der Waals surface area contributed by atoms with Crippen LogP contribution in [0.5, 0.6) is 0 Å². The SMILES string of the molecule is Cc1nnc(SCC(=O)O)n1-c1c(Cl)cc(F)cc1Cl. The molecule has 0 aliphatic rings. The number of hydrogen-bond donors (Lipinski definition) is 1. The summed E-state index contributed by atoms with van der Waals surface area (Å²) in [6.07, 6.45) is 0. The summed E-state index contributed by atoms with van der Waals surface area (Å²) in [7, 11) is 0. The van der Waals surface area contributed by atoms with Crippen LogP contribution in [0.15, 0.2) is 17.3 Å². The quantitative estimate of drug-likeness (QED) is 0.869. The molecule has 0 fully saturated rings. The van der Waals surface area contributed by atoms with Gasteiger partial charge in [-0.15, -0.1) is 10.2 Å². The van der Waals surface area contributed by atoms with Crippen molar-refractivity contribution >= 4 is 40.9 Å². The van der Waals surface area contributed by atoms with Crippen LogP contribution in [0.4, 0.5) is 4.39 Å². The number of carboxylic acid groups (broad SMARTS) is 1. The van der Waals surface area contributed by atoms with Gasteiger partial charge in [0.1, 0.15) is 11.6 Å². The van der Waals surface area contributed by atoms with Crippen molar-refractivity contribution in [3.05, 3.63) is 33.8 Å². The number of benzene rings is 1. The van der Waals surface area contributed by atoms with E-state index in [-0.39, 0.29) is 15.8 Å². The normalized spacial score (nSPS) is 10.8. The average Bonchev–Trinajstić information content (AvgIpc) is 2.67. The number of carbonyl (C=O) groups is 1. The second-order valence-corrected chi connectivity index (χ2v) is 5.52. The second kappa shape index (κ2) is 5.99. The van der Waals surface area contributed by atoms with E-state index in [1.807, 2.05) is 0 Å². The lowest BCUT2D eigenvalue weighted by atomic mass is 10.3. The Morgan fingerprint density at radius 2 is 2.00 bits per heavy atom. The van der Waals surface area contributed by atoms with Crippen molar-refractivity contribution in [1.29, 1.82) is 0 Å². The van der Waals surface area contributed by atoms with Crippen LogP contribution >= 0.6 is 35.0 Å². The molecule has 0 unspecified atom stereocenters. The zero-order valence-electron chi connectivity index (χ0n) is 10.1. The number of halogens is 3. The summed E-state index contributed by atoms with van der Waals surface area (Å²) in [6.45, 7) is 1.66. The largest absolute Gasteiger partial charge is 0.481 e. The lowest BCUT2D eigenvalue weighted by Crippen LogP contribution is -2.04. The Labute approximate surface area is 127 Å². The highest BCUT2D eigenvalue weighted by Crippen LogP contribution is 2.33. The minimum Gasteiger partial charge on any atom is -0.481 e. The first kappa shape index (κ1) is 15.1. The first-order valence-electron chi connectivity index (χ1n) is 5.31. The molecule has 20 heavy (non-hydrogen) atoms. The summed E-state index contributed by atoms with van der Waals surface area (Å²) in [5.74, 6) is -1.27. The second-order valence-electron chi connectivity index (χ2n) is 3.77. The van der Waals surface area contributed by atoms with E-state index in [0.29, 0.717) is 16.7 Å². The maximum Gasteiger partial charge on any atom is 0.313 e. The van der Waals surface area contributed by atoms with E-state index in [2.05, 4.69) is 10.2 Å². The van der Waals surface area contributed by atoms with Gasteiger partial charge in [0.25, 0.3) is 0 Å². The van der Waals surface area contributed by atoms with Crippen molar-refractivity contribution in [3.8, 4) is 5.69 Å². The van der Waals surface area contributed by atoms with Crippen molar-refractivity contribution in [2.45, 2.75) is 12.1 Å². The summed E-state index contributed by atoms with van der Waals surface area (Å²) >= 11 is 13.0. The molecule has 0 amide bonds. The molecular weight excluding hydrogens is 328 g/mol. The highest BCUT2D eigenvalue weighted by molar-refractivity contribution is 7.99. The Balaban J connectivity index is 2.52. The number of hydrogen-bond acceptors (Lipinski definition) is 4. The zero-order chi connectivity index (χ0) is 14.9. The fourth-order valence-electron chi connectivity index (χ4n) is 1.57. The Hall–Kier alpha value is -1.31. The fraction of sp³-hybridized carbons (Fsp3) is 0.182. The monoisotopic (exact) mass is 335 g/mol. The van der Waals surface area contributed by atoms with Crippen molar-refractivity contribution in [2.75, 3.05) is 5.75 Å². The van der Waals surface area contributed by atoms with E-state index in [1.165, 1.54) is 4.57 Å². The van der Waals surface area contributed by atoms with Gasteiger partial charge >= 0.3 is 5.97 Å². The maximum atomic E-state index is 13.2. The summed E-state index contributed by atoms with van der Waals surface area (Å²) in [4.78, 5) is 10.6. The number of carboxylic acids is 1. The van der Waals surface area contributed by atoms with Gasteiger partial charge in [0, 0.05) is 0 Å². The number of thioether (sulfide) groups is 1. The Bertz CT molecular complexity index is 655. The Morgan fingerprint density at radius 1 is 1.40 bits per heavy atom. The van der Waals surface area contributed by atoms with Crippen LogP contribution in [0.2, 0.25) is 10.0 Å². The van der Waals surface area contributed by atoms with E-state index in [0.717, 1.165) is 23.9 Å². The van der Waals surface area contributed by atoms with Crippen LogP contribution in [0.25, 0.3) is 5.69 Å². The summed E-state index contributed by atoms with van der Waals surface area (Å²) in [5.41, 5.74) is 0.324. The molecule has 1 N–H and O–H groups in total. The van der Waals surface area contributed by atoms with Crippen molar-refractivity contribution in [1.82, 2.24) is 14.8 Å². The minimum absolute atomic E-state index is 0.0927. The van der Waals surface area contributed by atoms with E-state index >= 15 is 0 Å². The maximum absolute atomic E-state index is 13.2. The molecule has 0 saturated carbocycles. The van der Waals surface area contributed by atoms with Crippen LogP contribution in [0, 0.1) is 12.7 Å². The minimum atomic E-state index is -0.987. The van der Waals surface area contributed by atoms with Gasteiger partial charge in [-0.3, -0.25) is 9.36 Å². The lowest BCUT2D eigenvalue weighted by Gasteiger charge is -2.11. The highest BCUT2D eigenvalue weighted by atomic mass is 35.5. The first-order valence-corrected chi connectivity index (χ1v) is 7.06. The van der Waals surface area contributed by atoms with E-state index in [1.54, 1.807) is 6.92 Å². The molecule has 106 valence electrons. The van der Waals surface area contributed by atoms with Crippen LogP contribution < -0.4 is 0 Å². The van der Waals surface area contributed by atoms with Crippen LogP contribution in [-0.2, 0) is 4.79 Å². The molecule has 2 rings (SSSR count). The molecular formula is C11H8Cl2FN3O2S. The lowest BCUT2D eigenvalue weighted by molar-refractivity contribution is -0.133. The molecule has 1 heterocycles. The van der Waals surface area contributed by atoms with Crippen LogP contribution in [0.1, 0.15) is 5.82 Å². The molecule has 1 aromatic carbocycles. The van der Waals surface area contributed by atoms with E-state index < -0.39 is 11.8 Å². The predicted octanol–water partition coefficient (Wildman–Crippen LogP) is 3.20. The smallest absolute Gasteiger partial charge is 0.313 e. The summed E-state index contributed by atoms with van der Waals surface area (Å²) in [5, 5.41) is 16.9. The molecule has 0 aliphatic carbocycles. The molecule has 0 spiro atoms.